The molecule has 0 aliphatic heterocycles. The third-order valence-corrected chi connectivity index (χ3v) is 3.02. The van der Waals surface area contributed by atoms with E-state index in [2.05, 4.69) is 31.2 Å². The molecule has 1 N–H and O–H groups in total. The van der Waals surface area contributed by atoms with Crippen LogP contribution in [0.4, 0.5) is 0 Å². The summed E-state index contributed by atoms with van der Waals surface area (Å²) in [5.41, 5.74) is 3.56. The summed E-state index contributed by atoms with van der Waals surface area (Å²) in [6, 6.07) is 16.5. The summed E-state index contributed by atoms with van der Waals surface area (Å²) in [4.78, 5) is 0. The molecule has 2 heteroatoms. The zero-order valence-electron chi connectivity index (χ0n) is 11.3. The van der Waals surface area contributed by atoms with E-state index < -0.39 is 0 Å². The molecule has 2 aromatic carbocycles. The van der Waals surface area contributed by atoms with E-state index in [0.717, 1.165) is 29.7 Å². The molecule has 0 aliphatic carbocycles. The Balaban J connectivity index is 2.38. The van der Waals surface area contributed by atoms with E-state index in [4.69, 9.17) is 9.84 Å². The first-order valence-electron chi connectivity index (χ1n) is 6.77. The second-order valence-corrected chi connectivity index (χ2v) is 4.52. The molecule has 2 rings (SSSR count). The highest BCUT2D eigenvalue weighted by Gasteiger charge is 2.07. The predicted octanol–water partition coefficient (Wildman–Crippen LogP) is 3.68. The molecule has 0 aliphatic rings. The molecule has 0 amide bonds. The van der Waals surface area contributed by atoms with Crippen LogP contribution >= 0.6 is 0 Å². The highest BCUT2D eigenvalue weighted by atomic mass is 16.5. The number of aliphatic hydroxyl groups is 1. The summed E-state index contributed by atoms with van der Waals surface area (Å²) in [6.07, 6.45) is 2.20. The third-order valence-electron chi connectivity index (χ3n) is 3.02. The molecule has 0 heterocycles. The Hall–Kier alpha value is -1.80. The van der Waals surface area contributed by atoms with Gasteiger partial charge in [0.15, 0.2) is 0 Å². The molecule has 0 fully saturated rings. The first-order valence-corrected chi connectivity index (χ1v) is 6.77. The van der Waals surface area contributed by atoms with Crippen molar-refractivity contribution in [1.29, 1.82) is 0 Å². The van der Waals surface area contributed by atoms with Gasteiger partial charge >= 0.3 is 0 Å². The Morgan fingerprint density at radius 2 is 1.84 bits per heavy atom. The third kappa shape index (κ3) is 3.58. The van der Waals surface area contributed by atoms with Crippen molar-refractivity contribution in [3.63, 3.8) is 0 Å². The molecule has 0 radical (unpaired) electrons. The van der Waals surface area contributed by atoms with Gasteiger partial charge in [0.05, 0.1) is 6.61 Å². The molecular formula is C17H20O2. The maximum atomic E-state index is 8.90. The minimum atomic E-state index is 0.0327. The Kier molecular flexibility index (Phi) is 4.99. The van der Waals surface area contributed by atoms with E-state index in [-0.39, 0.29) is 6.61 Å². The van der Waals surface area contributed by atoms with Crippen molar-refractivity contribution in [2.45, 2.75) is 19.8 Å². The van der Waals surface area contributed by atoms with Crippen molar-refractivity contribution < 1.29 is 9.84 Å². The van der Waals surface area contributed by atoms with Gasteiger partial charge in [-0.05, 0) is 29.7 Å². The fourth-order valence-electron chi connectivity index (χ4n) is 2.15. The van der Waals surface area contributed by atoms with E-state index in [1.54, 1.807) is 0 Å². The number of hydrogen-bond donors (Lipinski definition) is 1. The fourth-order valence-corrected chi connectivity index (χ4v) is 2.15. The van der Waals surface area contributed by atoms with Crippen LogP contribution in [0.2, 0.25) is 0 Å². The number of ether oxygens (including phenoxy) is 1. The summed E-state index contributed by atoms with van der Waals surface area (Å²) >= 11 is 0. The highest BCUT2D eigenvalue weighted by Crippen LogP contribution is 2.31. The molecule has 0 unspecified atom stereocenters. The quantitative estimate of drug-likeness (QED) is 0.854. The van der Waals surface area contributed by atoms with Crippen LogP contribution in [-0.4, -0.2) is 18.3 Å². The first-order chi connectivity index (χ1) is 9.35. The van der Waals surface area contributed by atoms with Crippen LogP contribution < -0.4 is 4.74 Å². The lowest BCUT2D eigenvalue weighted by Gasteiger charge is -2.13. The van der Waals surface area contributed by atoms with Gasteiger partial charge in [-0.15, -0.1) is 0 Å². The van der Waals surface area contributed by atoms with Crippen LogP contribution in [0.25, 0.3) is 11.1 Å². The van der Waals surface area contributed by atoms with Crippen LogP contribution in [0.3, 0.4) is 0 Å². The minimum Gasteiger partial charge on any atom is -0.491 e. The Bertz CT molecular complexity index is 506. The van der Waals surface area contributed by atoms with Gasteiger partial charge in [-0.2, -0.15) is 0 Å². The predicted molar refractivity (Wildman–Crippen MR) is 78.5 cm³/mol. The van der Waals surface area contributed by atoms with Gasteiger partial charge in [0.25, 0.3) is 0 Å². The van der Waals surface area contributed by atoms with E-state index in [9.17, 15) is 0 Å². The zero-order valence-corrected chi connectivity index (χ0v) is 11.3. The molecule has 100 valence electrons. The summed E-state index contributed by atoms with van der Waals surface area (Å²) < 4.78 is 5.62. The normalized spacial score (nSPS) is 10.4. The lowest BCUT2D eigenvalue weighted by molar-refractivity contribution is 0.202. The number of rotatable bonds is 6. The van der Waals surface area contributed by atoms with Gasteiger partial charge in [-0.3, -0.25) is 0 Å². The average molecular weight is 256 g/mol. The molecular weight excluding hydrogens is 236 g/mol. The number of hydrogen-bond acceptors (Lipinski definition) is 2. The topological polar surface area (TPSA) is 29.5 Å². The molecule has 0 atom stereocenters. The van der Waals surface area contributed by atoms with Gasteiger partial charge in [0.1, 0.15) is 12.4 Å². The van der Waals surface area contributed by atoms with Crippen molar-refractivity contribution in [1.82, 2.24) is 0 Å². The molecule has 0 aromatic heterocycles. The minimum absolute atomic E-state index is 0.0327. The van der Waals surface area contributed by atoms with Crippen LogP contribution in [0.1, 0.15) is 18.9 Å². The Morgan fingerprint density at radius 1 is 1.05 bits per heavy atom. The SMILES string of the molecule is CCCc1ccc(OCCO)c(-c2ccccc2)c1. The molecule has 0 saturated heterocycles. The molecule has 19 heavy (non-hydrogen) atoms. The van der Waals surface area contributed by atoms with Gasteiger partial charge in [-0.1, -0.05) is 49.7 Å². The van der Waals surface area contributed by atoms with Crippen molar-refractivity contribution in [2.24, 2.45) is 0 Å². The molecule has 2 nitrogen and oxygen atoms in total. The highest BCUT2D eigenvalue weighted by molar-refractivity contribution is 5.71. The molecule has 0 bridgehead atoms. The van der Waals surface area contributed by atoms with Crippen molar-refractivity contribution in [2.75, 3.05) is 13.2 Å². The van der Waals surface area contributed by atoms with Crippen molar-refractivity contribution in [3.05, 3.63) is 54.1 Å². The maximum absolute atomic E-state index is 8.90. The number of benzene rings is 2. The zero-order chi connectivity index (χ0) is 13.5. The Labute approximate surface area is 114 Å². The summed E-state index contributed by atoms with van der Waals surface area (Å²) in [6.45, 7) is 2.54. The largest absolute Gasteiger partial charge is 0.491 e. The van der Waals surface area contributed by atoms with E-state index in [0.29, 0.717) is 6.61 Å². The number of aryl methyl sites for hydroxylation is 1. The maximum Gasteiger partial charge on any atom is 0.127 e. The second-order valence-electron chi connectivity index (χ2n) is 4.52. The first kappa shape index (κ1) is 13.6. The fraction of sp³-hybridized carbons (Fsp3) is 0.294. The monoisotopic (exact) mass is 256 g/mol. The molecule has 0 saturated carbocycles. The Morgan fingerprint density at radius 3 is 2.53 bits per heavy atom. The molecule has 0 spiro atoms. The van der Waals surface area contributed by atoms with Crippen molar-refractivity contribution in [3.8, 4) is 16.9 Å². The average Bonchev–Trinajstić information content (AvgIpc) is 2.47. The summed E-state index contributed by atoms with van der Waals surface area (Å²) in [5, 5.41) is 8.90. The lowest BCUT2D eigenvalue weighted by atomic mass is 10.00. The van der Waals surface area contributed by atoms with Gasteiger partial charge in [0.2, 0.25) is 0 Å². The van der Waals surface area contributed by atoms with E-state index in [1.807, 2.05) is 24.3 Å². The van der Waals surface area contributed by atoms with Crippen LogP contribution in [0.15, 0.2) is 48.5 Å². The van der Waals surface area contributed by atoms with Crippen LogP contribution in [-0.2, 0) is 6.42 Å². The van der Waals surface area contributed by atoms with E-state index in [1.165, 1.54) is 5.56 Å². The number of aliphatic hydroxyl groups excluding tert-OH is 1. The van der Waals surface area contributed by atoms with Crippen LogP contribution in [0.5, 0.6) is 5.75 Å². The smallest absolute Gasteiger partial charge is 0.127 e. The summed E-state index contributed by atoms with van der Waals surface area (Å²) in [5.74, 6) is 0.833. The lowest BCUT2D eigenvalue weighted by Crippen LogP contribution is -2.03. The van der Waals surface area contributed by atoms with Crippen molar-refractivity contribution >= 4 is 0 Å². The second kappa shape index (κ2) is 6.95. The van der Waals surface area contributed by atoms with Gasteiger partial charge in [-0.25, -0.2) is 0 Å². The van der Waals surface area contributed by atoms with E-state index >= 15 is 0 Å². The standard InChI is InChI=1S/C17H20O2/c1-2-6-14-9-10-17(19-12-11-18)16(13-14)15-7-4-3-5-8-15/h3-5,7-10,13,18H,2,6,11-12H2,1H3. The molecule has 2 aromatic rings. The summed E-state index contributed by atoms with van der Waals surface area (Å²) in [7, 11) is 0. The van der Waals surface area contributed by atoms with Gasteiger partial charge in [0, 0.05) is 5.56 Å². The van der Waals surface area contributed by atoms with Gasteiger partial charge < -0.3 is 9.84 Å². The van der Waals surface area contributed by atoms with Crippen LogP contribution in [0, 0.1) is 0 Å².